The molecule has 1 aliphatic rings. The summed E-state index contributed by atoms with van der Waals surface area (Å²) in [6.07, 6.45) is 2.13. The Bertz CT molecular complexity index is 399. The van der Waals surface area contributed by atoms with E-state index >= 15 is 0 Å². The number of hydrogen-bond donors (Lipinski definition) is 1. The molecule has 2 rings (SSSR count). The Balaban J connectivity index is 2.25. The van der Waals surface area contributed by atoms with Crippen molar-refractivity contribution < 1.29 is 9.84 Å². The lowest BCUT2D eigenvalue weighted by molar-refractivity contribution is -0.0932. The molecule has 1 aromatic carbocycles. The van der Waals surface area contributed by atoms with Crippen LogP contribution in [0.1, 0.15) is 31.4 Å². The monoisotopic (exact) mass is 283 g/mol. The highest BCUT2D eigenvalue weighted by molar-refractivity contribution is 6.31. The molecule has 1 saturated heterocycles. The largest absolute Gasteiger partial charge is 0.394 e. The second-order valence-corrected chi connectivity index (χ2v) is 5.35. The van der Waals surface area contributed by atoms with Crippen LogP contribution >= 0.6 is 11.6 Å². The number of hydrogen-bond acceptors (Lipinski definition) is 3. The van der Waals surface area contributed by atoms with Crippen molar-refractivity contribution in [1.82, 2.24) is 4.90 Å². The van der Waals surface area contributed by atoms with E-state index in [1.807, 2.05) is 24.3 Å². The van der Waals surface area contributed by atoms with E-state index in [-0.39, 0.29) is 18.8 Å². The minimum absolute atomic E-state index is 0.0263. The van der Waals surface area contributed by atoms with Crippen molar-refractivity contribution in [3.63, 3.8) is 0 Å². The number of morpholine rings is 1. The predicted octanol–water partition coefficient (Wildman–Crippen LogP) is 2.87. The van der Waals surface area contributed by atoms with Gasteiger partial charge in [0, 0.05) is 11.6 Å². The molecule has 0 unspecified atom stereocenters. The SMILES string of the molecule is CCCCN1CCO[C@@H](CO)[C@@H]1c1ccccc1Cl. The van der Waals surface area contributed by atoms with Gasteiger partial charge in [-0.05, 0) is 24.6 Å². The van der Waals surface area contributed by atoms with E-state index in [9.17, 15) is 5.11 Å². The standard InChI is InChI=1S/C15H22ClNO2/c1-2-3-8-17-9-10-19-14(11-18)15(17)12-6-4-5-7-13(12)16/h4-7,14-15,18H,2-3,8-11H2,1H3/t14-,15-/m0/s1. The van der Waals surface area contributed by atoms with Gasteiger partial charge in [-0.1, -0.05) is 43.1 Å². The van der Waals surface area contributed by atoms with Gasteiger partial charge in [0.2, 0.25) is 0 Å². The average molecular weight is 284 g/mol. The van der Waals surface area contributed by atoms with E-state index in [0.29, 0.717) is 6.61 Å². The van der Waals surface area contributed by atoms with Gasteiger partial charge in [-0.25, -0.2) is 0 Å². The summed E-state index contributed by atoms with van der Waals surface area (Å²) in [6.45, 7) is 4.81. The molecular weight excluding hydrogens is 262 g/mol. The second kappa shape index (κ2) is 7.25. The predicted molar refractivity (Wildman–Crippen MR) is 77.5 cm³/mol. The van der Waals surface area contributed by atoms with Crippen molar-refractivity contribution in [3.05, 3.63) is 34.9 Å². The lowest BCUT2D eigenvalue weighted by atomic mass is 9.98. The van der Waals surface area contributed by atoms with Crippen LogP contribution in [-0.4, -0.2) is 42.4 Å². The van der Waals surface area contributed by atoms with Gasteiger partial charge in [-0.3, -0.25) is 4.90 Å². The Morgan fingerprint density at radius 2 is 2.21 bits per heavy atom. The van der Waals surface area contributed by atoms with Gasteiger partial charge in [0.15, 0.2) is 0 Å². The number of unbranched alkanes of at least 4 members (excludes halogenated alkanes) is 1. The third kappa shape index (κ3) is 3.48. The van der Waals surface area contributed by atoms with Gasteiger partial charge in [-0.2, -0.15) is 0 Å². The maximum atomic E-state index is 9.56. The first-order valence-corrected chi connectivity index (χ1v) is 7.36. The molecule has 0 bridgehead atoms. The molecule has 106 valence electrons. The molecule has 0 radical (unpaired) electrons. The first-order valence-electron chi connectivity index (χ1n) is 6.98. The molecule has 0 amide bonds. The molecule has 0 aromatic heterocycles. The summed E-state index contributed by atoms with van der Waals surface area (Å²) in [5.41, 5.74) is 1.05. The number of halogens is 1. The van der Waals surface area contributed by atoms with Crippen molar-refractivity contribution >= 4 is 11.6 Å². The summed E-state index contributed by atoms with van der Waals surface area (Å²) in [4.78, 5) is 2.38. The van der Waals surface area contributed by atoms with Gasteiger partial charge in [0.1, 0.15) is 6.10 Å². The number of aliphatic hydroxyl groups is 1. The van der Waals surface area contributed by atoms with Crippen LogP contribution in [0.3, 0.4) is 0 Å². The molecule has 2 atom stereocenters. The summed E-state index contributed by atoms with van der Waals surface area (Å²) < 4.78 is 5.71. The maximum absolute atomic E-state index is 9.56. The number of aliphatic hydroxyl groups excluding tert-OH is 1. The van der Waals surface area contributed by atoms with E-state index in [0.717, 1.165) is 36.5 Å². The van der Waals surface area contributed by atoms with Crippen LogP contribution in [0.25, 0.3) is 0 Å². The Kier molecular flexibility index (Phi) is 5.64. The molecule has 1 aromatic rings. The van der Waals surface area contributed by atoms with Crippen LogP contribution in [-0.2, 0) is 4.74 Å². The minimum Gasteiger partial charge on any atom is -0.394 e. The summed E-state index contributed by atoms with van der Waals surface area (Å²) >= 11 is 6.32. The Morgan fingerprint density at radius 1 is 1.42 bits per heavy atom. The van der Waals surface area contributed by atoms with Crippen molar-refractivity contribution in [2.75, 3.05) is 26.3 Å². The van der Waals surface area contributed by atoms with Crippen molar-refractivity contribution in [3.8, 4) is 0 Å². The second-order valence-electron chi connectivity index (χ2n) is 4.95. The fraction of sp³-hybridized carbons (Fsp3) is 0.600. The number of ether oxygens (including phenoxy) is 1. The number of rotatable bonds is 5. The van der Waals surface area contributed by atoms with Gasteiger partial charge in [0.25, 0.3) is 0 Å². The van der Waals surface area contributed by atoms with Gasteiger partial charge >= 0.3 is 0 Å². The van der Waals surface area contributed by atoms with Crippen molar-refractivity contribution in [2.45, 2.75) is 31.9 Å². The number of benzene rings is 1. The first-order chi connectivity index (χ1) is 9.27. The van der Waals surface area contributed by atoms with Crippen LogP contribution in [0.2, 0.25) is 5.02 Å². The normalized spacial score (nSPS) is 24.6. The van der Waals surface area contributed by atoms with Crippen LogP contribution in [0.5, 0.6) is 0 Å². The Labute approximate surface area is 120 Å². The fourth-order valence-electron chi connectivity index (χ4n) is 2.66. The molecular formula is C15H22ClNO2. The molecule has 0 aliphatic carbocycles. The van der Waals surface area contributed by atoms with E-state index in [2.05, 4.69) is 11.8 Å². The van der Waals surface area contributed by atoms with E-state index in [1.165, 1.54) is 0 Å². The van der Waals surface area contributed by atoms with E-state index in [1.54, 1.807) is 0 Å². The maximum Gasteiger partial charge on any atom is 0.100 e. The van der Waals surface area contributed by atoms with Crippen molar-refractivity contribution in [1.29, 1.82) is 0 Å². The quantitative estimate of drug-likeness (QED) is 0.902. The molecule has 0 saturated carbocycles. The summed E-state index contributed by atoms with van der Waals surface area (Å²) in [7, 11) is 0. The highest BCUT2D eigenvalue weighted by Crippen LogP contribution is 2.33. The van der Waals surface area contributed by atoms with Crippen molar-refractivity contribution in [2.24, 2.45) is 0 Å². The summed E-state index contributed by atoms with van der Waals surface area (Å²) in [5.74, 6) is 0. The Hall–Kier alpha value is -0.610. The number of nitrogens with zero attached hydrogens (tertiary/aromatic N) is 1. The smallest absolute Gasteiger partial charge is 0.100 e. The van der Waals surface area contributed by atoms with Crippen LogP contribution in [0.15, 0.2) is 24.3 Å². The summed E-state index contributed by atoms with van der Waals surface area (Å²) in [6, 6.07) is 7.91. The van der Waals surface area contributed by atoms with Gasteiger partial charge in [-0.15, -0.1) is 0 Å². The summed E-state index contributed by atoms with van der Waals surface area (Å²) in [5, 5.41) is 10.3. The third-order valence-corrected chi connectivity index (χ3v) is 4.00. The van der Waals surface area contributed by atoms with Gasteiger partial charge < -0.3 is 9.84 Å². The Morgan fingerprint density at radius 3 is 2.89 bits per heavy atom. The van der Waals surface area contributed by atoms with E-state index in [4.69, 9.17) is 16.3 Å². The molecule has 1 aliphatic heterocycles. The lowest BCUT2D eigenvalue weighted by Gasteiger charge is -2.41. The molecule has 1 heterocycles. The van der Waals surface area contributed by atoms with Crippen LogP contribution in [0.4, 0.5) is 0 Å². The van der Waals surface area contributed by atoms with E-state index < -0.39 is 0 Å². The molecule has 0 spiro atoms. The lowest BCUT2D eigenvalue weighted by Crippen LogP contribution is -2.47. The zero-order valence-electron chi connectivity index (χ0n) is 11.4. The third-order valence-electron chi connectivity index (χ3n) is 3.66. The fourth-order valence-corrected chi connectivity index (χ4v) is 2.91. The molecule has 1 fully saturated rings. The first kappa shape index (κ1) is 14.8. The topological polar surface area (TPSA) is 32.7 Å². The highest BCUT2D eigenvalue weighted by Gasteiger charge is 2.33. The van der Waals surface area contributed by atoms with Crippen LogP contribution < -0.4 is 0 Å². The molecule has 19 heavy (non-hydrogen) atoms. The van der Waals surface area contributed by atoms with Crippen LogP contribution in [0, 0.1) is 0 Å². The van der Waals surface area contributed by atoms with Gasteiger partial charge in [0.05, 0.1) is 19.3 Å². The zero-order chi connectivity index (χ0) is 13.7. The molecule has 1 N–H and O–H groups in total. The average Bonchev–Trinajstić information content (AvgIpc) is 2.45. The minimum atomic E-state index is -0.189. The molecule has 4 heteroatoms. The molecule has 3 nitrogen and oxygen atoms in total. The highest BCUT2D eigenvalue weighted by atomic mass is 35.5. The zero-order valence-corrected chi connectivity index (χ0v) is 12.1.